The highest BCUT2D eigenvalue weighted by Gasteiger charge is 2.58. The predicted molar refractivity (Wildman–Crippen MR) is 62.1 cm³/mol. The molecule has 0 radical (unpaired) electrons. The van der Waals surface area contributed by atoms with Crippen LogP contribution in [0.25, 0.3) is 0 Å². The molecule has 1 aliphatic carbocycles. The minimum atomic E-state index is -1.55. The molecule has 1 fully saturated rings. The van der Waals surface area contributed by atoms with Gasteiger partial charge in [0.2, 0.25) is 0 Å². The summed E-state index contributed by atoms with van der Waals surface area (Å²) < 4.78 is 10.8. The van der Waals surface area contributed by atoms with Crippen LogP contribution < -0.4 is 0 Å². The number of ether oxygens (including phenoxy) is 1. The third-order valence-electron chi connectivity index (χ3n) is 2.74. The molecule has 0 N–H and O–H groups in total. The molecule has 1 rings (SSSR count). The molecular formula is C11H22O3Si. The average molecular weight is 230 g/mol. The van der Waals surface area contributed by atoms with Gasteiger partial charge in [0.25, 0.3) is 0 Å². The van der Waals surface area contributed by atoms with Crippen molar-refractivity contribution in [2.75, 3.05) is 7.11 Å². The van der Waals surface area contributed by atoms with Crippen LogP contribution in [0.5, 0.6) is 0 Å². The van der Waals surface area contributed by atoms with Gasteiger partial charge in [-0.25, -0.2) is 0 Å². The lowest BCUT2D eigenvalue weighted by atomic mass is 10.1. The molecule has 88 valence electrons. The van der Waals surface area contributed by atoms with Crippen molar-refractivity contribution < 1.29 is 14.0 Å². The Balaban J connectivity index is 2.62. The van der Waals surface area contributed by atoms with Crippen LogP contribution >= 0.6 is 0 Å². The lowest BCUT2D eigenvalue weighted by molar-refractivity contribution is -0.143. The number of carbonyl (C=O) groups excluding carboxylic acids is 1. The standard InChI is InChI=1S/C11H22O3Si/c1-7(2)8-9(11(12)13-3)10(8)14-15(4,5)6/h7-10H,1-6H3. The second kappa shape index (κ2) is 4.26. The molecular weight excluding hydrogens is 208 g/mol. The number of hydrogen-bond donors (Lipinski definition) is 0. The molecule has 0 heterocycles. The number of rotatable bonds is 4. The predicted octanol–water partition coefficient (Wildman–Crippen LogP) is 2.28. The summed E-state index contributed by atoms with van der Waals surface area (Å²) in [6.45, 7) is 10.7. The highest BCUT2D eigenvalue weighted by atomic mass is 28.4. The van der Waals surface area contributed by atoms with E-state index < -0.39 is 8.32 Å². The molecule has 0 amide bonds. The third kappa shape index (κ3) is 3.05. The maximum Gasteiger partial charge on any atom is 0.311 e. The molecule has 3 atom stereocenters. The molecule has 0 aromatic heterocycles. The van der Waals surface area contributed by atoms with E-state index in [4.69, 9.17) is 9.16 Å². The third-order valence-corrected chi connectivity index (χ3v) is 3.72. The van der Waals surface area contributed by atoms with E-state index in [1.165, 1.54) is 7.11 Å². The van der Waals surface area contributed by atoms with Crippen molar-refractivity contribution in [3.63, 3.8) is 0 Å². The molecule has 15 heavy (non-hydrogen) atoms. The number of hydrogen-bond acceptors (Lipinski definition) is 3. The molecule has 1 aliphatic rings. The lowest BCUT2D eigenvalue weighted by Gasteiger charge is -2.17. The Morgan fingerprint density at radius 2 is 1.80 bits per heavy atom. The van der Waals surface area contributed by atoms with Crippen LogP contribution in [0.3, 0.4) is 0 Å². The van der Waals surface area contributed by atoms with Crippen molar-refractivity contribution in [2.45, 2.75) is 39.6 Å². The van der Waals surface area contributed by atoms with Crippen LogP contribution in [0.15, 0.2) is 0 Å². The maximum absolute atomic E-state index is 11.5. The highest BCUT2D eigenvalue weighted by molar-refractivity contribution is 6.69. The molecule has 0 aliphatic heterocycles. The summed E-state index contributed by atoms with van der Waals surface area (Å²) in [5.41, 5.74) is 0. The van der Waals surface area contributed by atoms with Crippen LogP contribution in [0.4, 0.5) is 0 Å². The van der Waals surface area contributed by atoms with Gasteiger partial charge in [-0.3, -0.25) is 4.79 Å². The van der Waals surface area contributed by atoms with E-state index in [0.29, 0.717) is 11.8 Å². The summed E-state index contributed by atoms with van der Waals surface area (Å²) in [5.74, 6) is 0.693. The second-order valence-electron chi connectivity index (χ2n) is 5.57. The zero-order valence-corrected chi connectivity index (χ0v) is 11.5. The van der Waals surface area contributed by atoms with Gasteiger partial charge in [-0.2, -0.15) is 0 Å². The molecule has 3 unspecified atom stereocenters. The van der Waals surface area contributed by atoms with Gasteiger partial charge in [-0.05, 0) is 25.6 Å². The Morgan fingerprint density at radius 3 is 2.13 bits per heavy atom. The quantitative estimate of drug-likeness (QED) is 0.549. The van der Waals surface area contributed by atoms with Gasteiger partial charge < -0.3 is 9.16 Å². The van der Waals surface area contributed by atoms with E-state index in [0.717, 1.165) is 0 Å². The van der Waals surface area contributed by atoms with Gasteiger partial charge in [-0.15, -0.1) is 0 Å². The fraction of sp³-hybridized carbons (Fsp3) is 0.909. The van der Waals surface area contributed by atoms with Gasteiger partial charge in [0, 0.05) is 5.92 Å². The summed E-state index contributed by atoms with van der Waals surface area (Å²) in [4.78, 5) is 11.5. The van der Waals surface area contributed by atoms with Crippen LogP contribution in [-0.2, 0) is 14.0 Å². The zero-order chi connectivity index (χ0) is 11.8. The first-order valence-electron chi connectivity index (χ1n) is 5.53. The Bertz CT molecular complexity index is 245. The summed E-state index contributed by atoms with van der Waals surface area (Å²) in [5, 5.41) is 0. The Hall–Kier alpha value is -0.353. The first kappa shape index (κ1) is 12.7. The highest BCUT2D eigenvalue weighted by Crippen LogP contribution is 2.48. The molecule has 0 spiro atoms. The van der Waals surface area contributed by atoms with E-state index in [9.17, 15) is 4.79 Å². The summed E-state index contributed by atoms with van der Waals surface area (Å²) >= 11 is 0. The first-order valence-corrected chi connectivity index (χ1v) is 8.94. The van der Waals surface area contributed by atoms with E-state index >= 15 is 0 Å². The summed E-state index contributed by atoms with van der Waals surface area (Å²) in [6, 6.07) is 0. The Labute approximate surface area is 93.3 Å². The van der Waals surface area contributed by atoms with E-state index in [2.05, 4.69) is 33.5 Å². The maximum atomic E-state index is 11.5. The lowest BCUT2D eigenvalue weighted by Crippen LogP contribution is -2.28. The van der Waals surface area contributed by atoms with Gasteiger partial charge in [-0.1, -0.05) is 13.8 Å². The van der Waals surface area contributed by atoms with E-state index in [-0.39, 0.29) is 18.0 Å². The smallest absolute Gasteiger partial charge is 0.311 e. The van der Waals surface area contributed by atoms with Gasteiger partial charge in [0.15, 0.2) is 8.32 Å². The first-order chi connectivity index (χ1) is 6.78. The largest absolute Gasteiger partial charge is 0.469 e. The average Bonchev–Trinajstić information content (AvgIpc) is 2.74. The van der Waals surface area contributed by atoms with Crippen molar-refractivity contribution in [1.29, 1.82) is 0 Å². The van der Waals surface area contributed by atoms with Crippen molar-refractivity contribution in [3.05, 3.63) is 0 Å². The van der Waals surface area contributed by atoms with Crippen molar-refractivity contribution in [3.8, 4) is 0 Å². The Kier molecular flexibility index (Phi) is 3.61. The molecule has 0 aromatic rings. The van der Waals surface area contributed by atoms with Crippen molar-refractivity contribution in [2.24, 2.45) is 17.8 Å². The minimum absolute atomic E-state index is 0.0262. The molecule has 4 heteroatoms. The van der Waals surface area contributed by atoms with E-state index in [1.54, 1.807) is 0 Å². The number of esters is 1. The molecule has 3 nitrogen and oxygen atoms in total. The Morgan fingerprint density at radius 1 is 1.27 bits per heavy atom. The van der Waals surface area contributed by atoms with E-state index in [1.807, 2.05) is 0 Å². The molecule has 1 saturated carbocycles. The molecule has 0 aromatic carbocycles. The van der Waals surface area contributed by atoms with Crippen LogP contribution in [-0.4, -0.2) is 27.5 Å². The second-order valence-corrected chi connectivity index (χ2v) is 10.0. The number of methoxy groups -OCH3 is 1. The molecule has 0 bridgehead atoms. The normalized spacial score (nSPS) is 30.5. The van der Waals surface area contributed by atoms with Gasteiger partial charge in [0.1, 0.15) is 0 Å². The van der Waals surface area contributed by atoms with Gasteiger partial charge in [0.05, 0.1) is 19.1 Å². The zero-order valence-electron chi connectivity index (χ0n) is 10.5. The fourth-order valence-corrected chi connectivity index (χ4v) is 3.21. The van der Waals surface area contributed by atoms with Crippen LogP contribution in [0, 0.1) is 17.8 Å². The summed E-state index contributed by atoms with van der Waals surface area (Å²) in [7, 11) is -0.106. The SMILES string of the molecule is COC(=O)C1C(O[Si](C)(C)C)C1C(C)C. The minimum Gasteiger partial charge on any atom is -0.469 e. The summed E-state index contributed by atoms with van der Waals surface area (Å²) in [6.07, 6.45) is 0.101. The van der Waals surface area contributed by atoms with Crippen LogP contribution in [0.2, 0.25) is 19.6 Å². The van der Waals surface area contributed by atoms with Crippen LogP contribution in [0.1, 0.15) is 13.8 Å². The topological polar surface area (TPSA) is 35.5 Å². The van der Waals surface area contributed by atoms with Gasteiger partial charge >= 0.3 is 5.97 Å². The number of carbonyl (C=O) groups is 1. The van der Waals surface area contributed by atoms with Crippen molar-refractivity contribution in [1.82, 2.24) is 0 Å². The fourth-order valence-electron chi connectivity index (χ4n) is 2.09. The van der Waals surface area contributed by atoms with Crippen molar-refractivity contribution >= 4 is 14.3 Å². The monoisotopic (exact) mass is 230 g/mol. The molecule has 0 saturated heterocycles.